The Balaban J connectivity index is 1.63. The van der Waals surface area contributed by atoms with E-state index in [0.29, 0.717) is 5.92 Å². The summed E-state index contributed by atoms with van der Waals surface area (Å²) in [7, 11) is 2.21. The first-order chi connectivity index (χ1) is 10.8. The quantitative estimate of drug-likeness (QED) is 0.866. The van der Waals surface area contributed by atoms with Crippen molar-refractivity contribution in [2.75, 3.05) is 33.4 Å². The molecule has 0 radical (unpaired) electrons. The summed E-state index contributed by atoms with van der Waals surface area (Å²) in [5, 5.41) is 0. The zero-order chi connectivity index (χ0) is 14.9. The molecule has 2 atom stereocenters. The fraction of sp³-hybridized carbons (Fsp3) is 0.647. The summed E-state index contributed by atoms with van der Waals surface area (Å²) in [4.78, 5) is 11.9. The second-order valence-electron chi connectivity index (χ2n) is 6.84. The molecule has 0 spiro atoms. The molecule has 118 valence electrons. The first-order valence-electron chi connectivity index (χ1n) is 8.36. The Bertz CT molecular complexity index is 647. The van der Waals surface area contributed by atoms with Crippen LogP contribution < -0.4 is 0 Å². The molecule has 5 heteroatoms. The van der Waals surface area contributed by atoms with E-state index < -0.39 is 0 Å². The largest absolute Gasteiger partial charge is 0.381 e. The van der Waals surface area contributed by atoms with Crippen LogP contribution in [0.5, 0.6) is 0 Å². The average molecular weight is 300 g/mol. The van der Waals surface area contributed by atoms with Crippen molar-refractivity contribution < 1.29 is 4.74 Å². The van der Waals surface area contributed by atoms with Gasteiger partial charge in [0.1, 0.15) is 11.3 Å². The van der Waals surface area contributed by atoms with E-state index in [2.05, 4.69) is 27.6 Å². The predicted molar refractivity (Wildman–Crippen MR) is 85.8 cm³/mol. The predicted octanol–water partition coefficient (Wildman–Crippen LogP) is 1.96. The molecule has 0 aliphatic carbocycles. The third-order valence-corrected chi connectivity index (χ3v) is 5.01. The normalized spacial score (nSPS) is 26.2. The number of likely N-dealkylation sites (tertiary alicyclic amines) is 1. The summed E-state index contributed by atoms with van der Waals surface area (Å²) in [6, 6.07) is 4.06. The first-order valence-corrected chi connectivity index (χ1v) is 8.36. The number of nitrogens with zero attached hydrogens (tertiary/aromatic N) is 4. The zero-order valence-corrected chi connectivity index (χ0v) is 13.2. The van der Waals surface area contributed by atoms with E-state index in [9.17, 15) is 0 Å². The molecule has 2 aliphatic rings. The fourth-order valence-corrected chi connectivity index (χ4v) is 3.79. The highest BCUT2D eigenvalue weighted by Gasteiger charge is 2.24. The third-order valence-electron chi connectivity index (χ3n) is 5.01. The van der Waals surface area contributed by atoms with Gasteiger partial charge in [-0.25, -0.2) is 9.97 Å². The van der Waals surface area contributed by atoms with Crippen LogP contribution in [-0.2, 0) is 17.7 Å². The second kappa shape index (κ2) is 5.97. The van der Waals surface area contributed by atoms with Gasteiger partial charge in [-0.15, -0.1) is 0 Å². The number of aromatic nitrogens is 3. The Labute approximate surface area is 131 Å². The maximum absolute atomic E-state index is 5.54. The van der Waals surface area contributed by atoms with Gasteiger partial charge in [0.25, 0.3) is 0 Å². The smallest absolute Gasteiger partial charge is 0.159 e. The van der Waals surface area contributed by atoms with Crippen molar-refractivity contribution in [2.24, 2.45) is 11.8 Å². The molecule has 4 heterocycles. The molecule has 2 saturated heterocycles. The Morgan fingerprint density at radius 3 is 3.05 bits per heavy atom. The number of imidazole rings is 1. The van der Waals surface area contributed by atoms with E-state index in [0.717, 1.165) is 49.7 Å². The number of fused-ring (bicyclic) bond motifs is 1. The van der Waals surface area contributed by atoms with Gasteiger partial charge >= 0.3 is 0 Å². The van der Waals surface area contributed by atoms with Gasteiger partial charge < -0.3 is 14.2 Å². The van der Waals surface area contributed by atoms with Gasteiger partial charge in [-0.2, -0.15) is 0 Å². The van der Waals surface area contributed by atoms with Gasteiger partial charge in [-0.05, 0) is 44.5 Å². The summed E-state index contributed by atoms with van der Waals surface area (Å²) in [5.74, 6) is 2.53. The van der Waals surface area contributed by atoms with Gasteiger partial charge in [0.2, 0.25) is 0 Å². The number of hydrogen-bond acceptors (Lipinski definition) is 4. The fourth-order valence-electron chi connectivity index (χ4n) is 3.79. The highest BCUT2D eigenvalue weighted by Crippen LogP contribution is 2.24. The molecule has 2 aromatic heterocycles. The summed E-state index contributed by atoms with van der Waals surface area (Å²) in [6.07, 6.45) is 5.37. The number of pyridine rings is 1. The average Bonchev–Trinajstić information content (AvgIpc) is 3.23. The third kappa shape index (κ3) is 2.75. The van der Waals surface area contributed by atoms with Crippen molar-refractivity contribution in [2.45, 2.75) is 25.8 Å². The maximum Gasteiger partial charge on any atom is 0.159 e. The molecular weight excluding hydrogens is 276 g/mol. The highest BCUT2D eigenvalue weighted by molar-refractivity contribution is 5.71. The lowest BCUT2D eigenvalue weighted by atomic mass is 10.0. The molecule has 4 rings (SSSR count). The summed E-state index contributed by atoms with van der Waals surface area (Å²) >= 11 is 0. The molecule has 2 aromatic rings. The van der Waals surface area contributed by atoms with Crippen LogP contribution >= 0.6 is 0 Å². The molecule has 0 aromatic carbocycles. The molecule has 0 N–H and O–H groups in total. The van der Waals surface area contributed by atoms with Crippen LogP contribution in [0.2, 0.25) is 0 Å². The minimum absolute atomic E-state index is 0.601. The van der Waals surface area contributed by atoms with E-state index in [1.165, 1.54) is 25.3 Å². The molecule has 0 bridgehead atoms. The highest BCUT2D eigenvalue weighted by atomic mass is 16.5. The Morgan fingerprint density at radius 2 is 2.27 bits per heavy atom. The minimum atomic E-state index is 0.601. The monoisotopic (exact) mass is 300 g/mol. The topological polar surface area (TPSA) is 43.2 Å². The summed E-state index contributed by atoms with van der Waals surface area (Å²) in [6.45, 7) is 5.15. The first kappa shape index (κ1) is 14.2. The molecule has 5 nitrogen and oxygen atoms in total. The Morgan fingerprint density at radius 1 is 1.32 bits per heavy atom. The Hall–Kier alpha value is -1.46. The zero-order valence-electron chi connectivity index (χ0n) is 13.2. The van der Waals surface area contributed by atoms with Gasteiger partial charge in [0.05, 0.1) is 6.61 Å². The van der Waals surface area contributed by atoms with Crippen molar-refractivity contribution in [3.05, 3.63) is 24.2 Å². The van der Waals surface area contributed by atoms with Crippen molar-refractivity contribution in [3.8, 4) is 0 Å². The van der Waals surface area contributed by atoms with Gasteiger partial charge in [-0.1, -0.05) is 0 Å². The molecule has 2 fully saturated rings. The van der Waals surface area contributed by atoms with Crippen LogP contribution in [0.15, 0.2) is 18.3 Å². The van der Waals surface area contributed by atoms with Crippen LogP contribution in [0.4, 0.5) is 0 Å². The van der Waals surface area contributed by atoms with E-state index in [1.54, 1.807) is 0 Å². The van der Waals surface area contributed by atoms with Crippen LogP contribution in [0.25, 0.3) is 11.2 Å². The van der Waals surface area contributed by atoms with E-state index in [1.807, 2.05) is 12.3 Å². The maximum atomic E-state index is 5.54. The van der Waals surface area contributed by atoms with E-state index >= 15 is 0 Å². The lowest BCUT2D eigenvalue weighted by Gasteiger charge is -2.15. The number of ether oxygens (including phenoxy) is 1. The van der Waals surface area contributed by atoms with Gasteiger partial charge in [0, 0.05) is 38.2 Å². The summed E-state index contributed by atoms with van der Waals surface area (Å²) < 4.78 is 7.90. The van der Waals surface area contributed by atoms with Crippen LogP contribution in [0, 0.1) is 11.8 Å². The Kier molecular flexibility index (Phi) is 3.84. The van der Waals surface area contributed by atoms with E-state index in [4.69, 9.17) is 9.72 Å². The molecule has 2 aliphatic heterocycles. The van der Waals surface area contributed by atoms with Crippen molar-refractivity contribution in [1.82, 2.24) is 19.4 Å². The number of rotatable bonds is 4. The number of hydrogen-bond donors (Lipinski definition) is 0. The molecule has 2 unspecified atom stereocenters. The van der Waals surface area contributed by atoms with Crippen molar-refractivity contribution in [3.63, 3.8) is 0 Å². The van der Waals surface area contributed by atoms with Crippen LogP contribution in [0.1, 0.15) is 18.7 Å². The lowest BCUT2D eigenvalue weighted by Crippen LogP contribution is -2.18. The SMILES string of the molecule is CN1CCC(Cc2nc3cccnc3n2CC2CCOC2)C1. The van der Waals surface area contributed by atoms with Crippen LogP contribution in [-0.4, -0.2) is 52.8 Å². The minimum Gasteiger partial charge on any atom is -0.381 e. The lowest BCUT2D eigenvalue weighted by molar-refractivity contribution is 0.182. The van der Waals surface area contributed by atoms with Crippen molar-refractivity contribution >= 4 is 11.2 Å². The summed E-state index contributed by atoms with van der Waals surface area (Å²) in [5.41, 5.74) is 2.07. The van der Waals surface area contributed by atoms with Gasteiger partial charge in [0.15, 0.2) is 5.65 Å². The molecular formula is C17H24N4O. The molecule has 0 amide bonds. The standard InChI is InChI=1S/C17H24N4O/c1-20-7-4-13(10-20)9-16-19-15-3-2-6-18-17(15)21(16)11-14-5-8-22-12-14/h2-3,6,13-14H,4-5,7-12H2,1H3. The van der Waals surface area contributed by atoms with Crippen LogP contribution in [0.3, 0.4) is 0 Å². The van der Waals surface area contributed by atoms with E-state index in [-0.39, 0.29) is 0 Å². The van der Waals surface area contributed by atoms with Crippen molar-refractivity contribution in [1.29, 1.82) is 0 Å². The second-order valence-corrected chi connectivity index (χ2v) is 6.84. The molecule has 22 heavy (non-hydrogen) atoms. The van der Waals surface area contributed by atoms with Gasteiger partial charge in [-0.3, -0.25) is 0 Å². The molecule has 0 saturated carbocycles.